The molecule has 1 N–H and O–H groups in total. The first-order chi connectivity index (χ1) is 14.3. The van der Waals surface area contributed by atoms with Crippen LogP contribution in [0.2, 0.25) is 0 Å². The topological polar surface area (TPSA) is 103 Å². The summed E-state index contributed by atoms with van der Waals surface area (Å²) in [5.41, 5.74) is 1.06. The van der Waals surface area contributed by atoms with Gasteiger partial charge in [0.25, 0.3) is 0 Å². The predicted molar refractivity (Wildman–Crippen MR) is 113 cm³/mol. The van der Waals surface area contributed by atoms with E-state index in [9.17, 15) is 13.2 Å². The smallest absolute Gasteiger partial charge is 0.248 e. The second-order valence-electron chi connectivity index (χ2n) is 7.11. The van der Waals surface area contributed by atoms with Gasteiger partial charge in [0.2, 0.25) is 15.9 Å². The number of benzene rings is 1. The summed E-state index contributed by atoms with van der Waals surface area (Å²) in [5, 5.41) is 6.76. The normalized spacial score (nSPS) is 15.6. The van der Waals surface area contributed by atoms with Gasteiger partial charge in [0.1, 0.15) is 5.75 Å². The van der Waals surface area contributed by atoms with Crippen LogP contribution in [0.3, 0.4) is 0 Å². The van der Waals surface area contributed by atoms with Crippen molar-refractivity contribution in [3.63, 3.8) is 0 Å². The van der Waals surface area contributed by atoms with Crippen LogP contribution in [0, 0.1) is 0 Å². The number of hydrogen-bond donors (Lipinski definition) is 1. The van der Waals surface area contributed by atoms with Gasteiger partial charge in [0, 0.05) is 38.0 Å². The highest BCUT2D eigenvalue weighted by atomic mass is 32.2. The summed E-state index contributed by atoms with van der Waals surface area (Å²) in [4.78, 5) is 12.5. The second-order valence-corrected chi connectivity index (χ2v) is 9.05. The first kappa shape index (κ1) is 22.0. The van der Waals surface area contributed by atoms with Gasteiger partial charge in [-0.25, -0.2) is 8.42 Å². The number of ether oxygens (including phenoxy) is 2. The van der Waals surface area contributed by atoms with E-state index in [1.54, 1.807) is 36.3 Å². The number of sulfonamides is 1. The summed E-state index contributed by atoms with van der Waals surface area (Å²) < 4.78 is 39.9. The Bertz CT molecular complexity index is 1020. The minimum absolute atomic E-state index is 0.0899. The zero-order chi connectivity index (χ0) is 21.7. The van der Waals surface area contributed by atoms with Crippen LogP contribution in [0.4, 0.5) is 5.69 Å². The molecule has 30 heavy (non-hydrogen) atoms. The lowest BCUT2D eigenvalue weighted by Crippen LogP contribution is -2.40. The molecule has 1 fully saturated rings. The fourth-order valence-corrected chi connectivity index (χ4v) is 4.37. The number of nitrogens with zero attached hydrogens (tertiary/aromatic N) is 3. The third kappa shape index (κ3) is 5.47. The summed E-state index contributed by atoms with van der Waals surface area (Å²) in [7, 11) is -1.92. The van der Waals surface area contributed by atoms with E-state index in [1.165, 1.54) is 22.5 Å². The SMILES string of the molecule is CC(C)Oc1ccc(S(=O)(=O)N2CCOCC2)cc1NC(=O)/C=C/c1cnn(C)c1. The number of anilines is 1. The molecule has 9 nitrogen and oxygen atoms in total. The largest absolute Gasteiger partial charge is 0.489 e. The van der Waals surface area contributed by atoms with Crippen molar-refractivity contribution in [1.29, 1.82) is 0 Å². The Hall–Kier alpha value is -2.69. The van der Waals surface area contributed by atoms with Crippen molar-refractivity contribution in [3.05, 3.63) is 42.2 Å². The first-order valence-corrected chi connectivity index (χ1v) is 11.1. The molecule has 0 bridgehead atoms. The summed E-state index contributed by atoms with van der Waals surface area (Å²) >= 11 is 0. The summed E-state index contributed by atoms with van der Waals surface area (Å²) in [6.07, 6.45) is 6.24. The lowest BCUT2D eigenvalue weighted by atomic mass is 10.2. The lowest BCUT2D eigenvalue weighted by molar-refractivity contribution is -0.111. The highest BCUT2D eigenvalue weighted by Crippen LogP contribution is 2.30. The van der Waals surface area contributed by atoms with E-state index < -0.39 is 15.9 Å². The van der Waals surface area contributed by atoms with Crippen LogP contribution < -0.4 is 10.1 Å². The van der Waals surface area contributed by atoms with Gasteiger partial charge in [0.05, 0.1) is 36.1 Å². The van der Waals surface area contributed by atoms with E-state index in [1.807, 2.05) is 13.8 Å². The summed E-state index contributed by atoms with van der Waals surface area (Å²) in [6, 6.07) is 4.48. The number of rotatable bonds is 7. The number of carbonyl (C=O) groups excluding carboxylic acids is 1. The monoisotopic (exact) mass is 434 g/mol. The van der Waals surface area contributed by atoms with Gasteiger partial charge in [-0.2, -0.15) is 9.40 Å². The molecule has 2 aromatic rings. The van der Waals surface area contributed by atoms with Crippen LogP contribution in [-0.4, -0.2) is 60.8 Å². The number of hydrogen-bond acceptors (Lipinski definition) is 6. The quantitative estimate of drug-likeness (QED) is 0.668. The first-order valence-electron chi connectivity index (χ1n) is 9.62. The van der Waals surface area contributed by atoms with Crippen molar-refractivity contribution < 1.29 is 22.7 Å². The van der Waals surface area contributed by atoms with Crippen molar-refractivity contribution in [2.75, 3.05) is 31.6 Å². The maximum atomic E-state index is 13.0. The second kappa shape index (κ2) is 9.41. The average Bonchev–Trinajstić information content (AvgIpc) is 3.13. The Balaban J connectivity index is 1.85. The van der Waals surface area contributed by atoms with Crippen LogP contribution in [0.1, 0.15) is 19.4 Å². The Kier molecular flexibility index (Phi) is 6.91. The van der Waals surface area contributed by atoms with E-state index in [2.05, 4.69) is 10.4 Å². The molecule has 1 amide bonds. The molecule has 1 aliphatic rings. The molecule has 10 heteroatoms. The Morgan fingerprint density at radius 1 is 1.30 bits per heavy atom. The van der Waals surface area contributed by atoms with E-state index in [0.29, 0.717) is 37.7 Å². The van der Waals surface area contributed by atoms with Crippen molar-refractivity contribution in [2.24, 2.45) is 7.05 Å². The fourth-order valence-electron chi connectivity index (χ4n) is 2.93. The zero-order valence-corrected chi connectivity index (χ0v) is 18.1. The van der Waals surface area contributed by atoms with Crippen LogP contribution >= 0.6 is 0 Å². The standard InChI is InChI=1S/C20H26N4O5S/c1-15(2)29-19-6-5-17(30(26,27)24-8-10-28-11-9-24)12-18(19)22-20(25)7-4-16-13-21-23(3)14-16/h4-7,12-15H,8-11H2,1-3H3,(H,22,25)/b7-4+. The maximum absolute atomic E-state index is 13.0. The zero-order valence-electron chi connectivity index (χ0n) is 17.2. The fraction of sp³-hybridized carbons (Fsp3) is 0.400. The van der Waals surface area contributed by atoms with Crippen LogP contribution in [0.5, 0.6) is 5.75 Å². The van der Waals surface area contributed by atoms with Crippen molar-refractivity contribution >= 4 is 27.7 Å². The molecule has 1 aromatic heterocycles. The molecule has 0 spiro atoms. The summed E-state index contributed by atoms with van der Waals surface area (Å²) in [5.74, 6) is -0.0116. The Morgan fingerprint density at radius 2 is 2.03 bits per heavy atom. The molecule has 0 unspecified atom stereocenters. The third-order valence-electron chi connectivity index (χ3n) is 4.33. The van der Waals surface area contributed by atoms with Crippen LogP contribution in [0.25, 0.3) is 6.08 Å². The minimum atomic E-state index is -3.70. The molecule has 1 aromatic carbocycles. The molecule has 0 aliphatic carbocycles. The van der Waals surface area contributed by atoms with Crippen LogP contribution in [0.15, 0.2) is 41.6 Å². The Morgan fingerprint density at radius 3 is 2.67 bits per heavy atom. The van der Waals surface area contributed by atoms with Crippen molar-refractivity contribution in [1.82, 2.24) is 14.1 Å². The minimum Gasteiger partial charge on any atom is -0.489 e. The average molecular weight is 435 g/mol. The number of aryl methyl sites for hydroxylation is 1. The van der Waals surface area contributed by atoms with E-state index in [4.69, 9.17) is 9.47 Å². The van der Waals surface area contributed by atoms with Gasteiger partial charge in [-0.05, 0) is 38.1 Å². The van der Waals surface area contributed by atoms with Crippen LogP contribution in [-0.2, 0) is 26.6 Å². The number of morpholine rings is 1. The van der Waals surface area contributed by atoms with Crippen molar-refractivity contribution in [3.8, 4) is 5.75 Å². The van der Waals surface area contributed by atoms with Gasteiger partial charge in [0.15, 0.2) is 0 Å². The molecule has 2 heterocycles. The van der Waals surface area contributed by atoms with E-state index in [-0.39, 0.29) is 11.0 Å². The third-order valence-corrected chi connectivity index (χ3v) is 6.23. The Labute approximate surface area is 176 Å². The molecule has 3 rings (SSSR count). The molecule has 1 aliphatic heterocycles. The highest BCUT2D eigenvalue weighted by Gasteiger charge is 2.27. The number of amides is 1. The molecule has 0 atom stereocenters. The molecule has 0 radical (unpaired) electrons. The predicted octanol–water partition coefficient (Wildman–Crippen LogP) is 1.88. The van der Waals surface area contributed by atoms with E-state index in [0.717, 1.165) is 5.56 Å². The molecule has 162 valence electrons. The maximum Gasteiger partial charge on any atom is 0.248 e. The van der Waals surface area contributed by atoms with Gasteiger partial charge in [-0.3, -0.25) is 9.48 Å². The summed E-state index contributed by atoms with van der Waals surface area (Å²) in [6.45, 7) is 5.01. The molecular weight excluding hydrogens is 408 g/mol. The van der Waals surface area contributed by atoms with Gasteiger partial charge < -0.3 is 14.8 Å². The van der Waals surface area contributed by atoms with E-state index >= 15 is 0 Å². The van der Waals surface area contributed by atoms with Gasteiger partial charge in [-0.1, -0.05) is 0 Å². The highest BCUT2D eigenvalue weighted by molar-refractivity contribution is 7.89. The molecule has 0 saturated carbocycles. The molecule has 1 saturated heterocycles. The molecular formula is C20H26N4O5S. The van der Waals surface area contributed by atoms with Gasteiger partial charge in [-0.15, -0.1) is 0 Å². The van der Waals surface area contributed by atoms with Crippen molar-refractivity contribution in [2.45, 2.75) is 24.8 Å². The number of aromatic nitrogens is 2. The van der Waals surface area contributed by atoms with Gasteiger partial charge >= 0.3 is 0 Å². The lowest BCUT2D eigenvalue weighted by Gasteiger charge is -2.26. The number of nitrogens with one attached hydrogen (secondary N) is 1. The number of carbonyl (C=O) groups is 1.